The van der Waals surface area contributed by atoms with Gasteiger partial charge < -0.3 is 19.7 Å². The number of aliphatic carboxylic acids is 1. The van der Waals surface area contributed by atoms with Crippen molar-refractivity contribution in [2.45, 2.75) is 25.8 Å². The Morgan fingerprint density at radius 3 is 2.80 bits per heavy atom. The fourth-order valence-corrected chi connectivity index (χ4v) is 3.14. The lowest BCUT2D eigenvalue weighted by Gasteiger charge is -2.09. The average molecular weight is 344 g/mol. The molecule has 0 unspecified atom stereocenters. The van der Waals surface area contributed by atoms with Gasteiger partial charge in [0, 0.05) is 17.5 Å². The van der Waals surface area contributed by atoms with Gasteiger partial charge in [0.2, 0.25) is 5.91 Å². The summed E-state index contributed by atoms with van der Waals surface area (Å²) in [5.74, 6) is -0.416. The highest BCUT2D eigenvalue weighted by atomic mass is 16.5. The van der Waals surface area contributed by atoms with Gasteiger partial charge >= 0.3 is 5.97 Å². The van der Waals surface area contributed by atoms with Crippen LogP contribution in [0.4, 0.5) is 0 Å². The molecule has 1 amide bonds. The maximum absolute atomic E-state index is 12.2. The number of hydrogen-bond acceptors (Lipinski definition) is 5. The molecule has 0 aliphatic heterocycles. The van der Waals surface area contributed by atoms with E-state index in [4.69, 9.17) is 14.4 Å². The zero-order valence-electron chi connectivity index (χ0n) is 13.9. The summed E-state index contributed by atoms with van der Waals surface area (Å²) in [5, 5.41) is 15.8. The first-order valence-electron chi connectivity index (χ1n) is 8.18. The number of nitrogens with zero attached hydrogens (tertiary/aromatic N) is 1. The van der Waals surface area contributed by atoms with Crippen LogP contribution in [0.1, 0.15) is 25.0 Å². The summed E-state index contributed by atoms with van der Waals surface area (Å²) in [7, 11) is 1.59. The summed E-state index contributed by atoms with van der Waals surface area (Å²) < 4.78 is 10.6. The molecule has 0 saturated heterocycles. The van der Waals surface area contributed by atoms with E-state index >= 15 is 0 Å². The van der Waals surface area contributed by atoms with Crippen molar-refractivity contribution >= 4 is 11.9 Å². The second kappa shape index (κ2) is 7.38. The Balaban J connectivity index is 1.59. The molecular formula is C18H20N2O5. The second-order valence-electron chi connectivity index (χ2n) is 6.14. The van der Waals surface area contributed by atoms with Crippen molar-refractivity contribution in [3.8, 4) is 17.0 Å². The molecule has 1 aliphatic rings. The Morgan fingerprint density at radius 2 is 2.08 bits per heavy atom. The Bertz CT molecular complexity index is 770. The molecule has 2 N–H and O–H groups in total. The van der Waals surface area contributed by atoms with Gasteiger partial charge in [-0.3, -0.25) is 9.59 Å². The summed E-state index contributed by atoms with van der Waals surface area (Å²) in [4.78, 5) is 23.2. The minimum Gasteiger partial charge on any atom is -0.496 e. The Kier molecular flexibility index (Phi) is 5.02. The first-order chi connectivity index (χ1) is 12.1. The molecule has 1 aromatic carbocycles. The van der Waals surface area contributed by atoms with E-state index < -0.39 is 11.9 Å². The van der Waals surface area contributed by atoms with Crippen molar-refractivity contribution in [3.63, 3.8) is 0 Å². The van der Waals surface area contributed by atoms with Crippen molar-refractivity contribution in [1.29, 1.82) is 0 Å². The Labute approximate surface area is 145 Å². The van der Waals surface area contributed by atoms with Gasteiger partial charge in [0.25, 0.3) is 0 Å². The van der Waals surface area contributed by atoms with Gasteiger partial charge in [-0.2, -0.15) is 0 Å². The molecule has 1 aromatic heterocycles. The molecule has 1 aliphatic carbocycles. The smallest absolute Gasteiger partial charge is 0.306 e. The molecule has 1 fully saturated rings. The molecule has 3 rings (SSSR count). The van der Waals surface area contributed by atoms with E-state index in [-0.39, 0.29) is 18.4 Å². The molecule has 0 bridgehead atoms. The van der Waals surface area contributed by atoms with E-state index in [9.17, 15) is 9.59 Å². The highest BCUT2D eigenvalue weighted by molar-refractivity contribution is 5.80. The predicted molar refractivity (Wildman–Crippen MR) is 88.8 cm³/mol. The maximum atomic E-state index is 12.2. The summed E-state index contributed by atoms with van der Waals surface area (Å²) in [6.45, 7) is 0.217. The first-order valence-corrected chi connectivity index (χ1v) is 8.18. The first kappa shape index (κ1) is 17.0. The van der Waals surface area contributed by atoms with Crippen LogP contribution in [0, 0.1) is 11.8 Å². The zero-order chi connectivity index (χ0) is 17.8. The van der Waals surface area contributed by atoms with Gasteiger partial charge in [0.15, 0.2) is 5.76 Å². The molecule has 132 valence electrons. The topological polar surface area (TPSA) is 102 Å². The normalized spacial score (nSPS) is 19.6. The molecule has 1 heterocycles. The number of carbonyl (C=O) groups is 2. The van der Waals surface area contributed by atoms with Crippen molar-refractivity contribution in [3.05, 3.63) is 36.1 Å². The number of methoxy groups -OCH3 is 1. The summed E-state index contributed by atoms with van der Waals surface area (Å²) in [6.07, 6.45) is 1.55. The molecular weight excluding hydrogens is 324 g/mol. The van der Waals surface area contributed by atoms with E-state index in [1.54, 1.807) is 13.2 Å². The number of carboxylic acid groups (broad SMARTS) is 1. The largest absolute Gasteiger partial charge is 0.496 e. The zero-order valence-corrected chi connectivity index (χ0v) is 13.9. The molecule has 2 atom stereocenters. The molecule has 7 nitrogen and oxygen atoms in total. The fraction of sp³-hybridized carbons (Fsp3) is 0.389. The number of amides is 1. The summed E-state index contributed by atoms with van der Waals surface area (Å²) in [6, 6.07) is 9.23. The van der Waals surface area contributed by atoms with Gasteiger partial charge in [0.1, 0.15) is 11.4 Å². The minimum absolute atomic E-state index is 0.140. The van der Waals surface area contributed by atoms with Gasteiger partial charge in [-0.05, 0) is 31.4 Å². The number of ether oxygens (including phenoxy) is 1. The van der Waals surface area contributed by atoms with Crippen LogP contribution in [0.15, 0.2) is 34.9 Å². The highest BCUT2D eigenvalue weighted by Gasteiger charge is 2.33. The average Bonchev–Trinajstić information content (AvgIpc) is 3.29. The number of aromatic nitrogens is 1. The van der Waals surface area contributed by atoms with Crippen molar-refractivity contribution in [1.82, 2.24) is 10.5 Å². The minimum atomic E-state index is -0.827. The molecule has 0 spiro atoms. The molecule has 7 heteroatoms. The third-order valence-corrected chi connectivity index (χ3v) is 4.53. The number of hydrogen-bond donors (Lipinski definition) is 2. The number of benzene rings is 1. The monoisotopic (exact) mass is 344 g/mol. The molecule has 0 radical (unpaired) electrons. The lowest BCUT2D eigenvalue weighted by atomic mass is 10.0. The summed E-state index contributed by atoms with van der Waals surface area (Å²) >= 11 is 0. The lowest BCUT2D eigenvalue weighted by molar-refractivity contribution is -0.141. The van der Waals surface area contributed by atoms with Crippen LogP contribution < -0.4 is 10.1 Å². The van der Waals surface area contributed by atoms with Crippen LogP contribution in [0.5, 0.6) is 5.75 Å². The van der Waals surface area contributed by atoms with E-state index in [1.165, 1.54) is 0 Å². The second-order valence-corrected chi connectivity index (χ2v) is 6.14. The fourth-order valence-electron chi connectivity index (χ4n) is 3.14. The summed E-state index contributed by atoms with van der Waals surface area (Å²) in [5.41, 5.74) is 1.44. The van der Waals surface area contributed by atoms with Crippen molar-refractivity contribution in [2.24, 2.45) is 11.8 Å². The Hall–Kier alpha value is -2.83. The van der Waals surface area contributed by atoms with Crippen LogP contribution >= 0.6 is 0 Å². The number of carbonyl (C=O) groups excluding carboxylic acids is 1. The van der Waals surface area contributed by atoms with Crippen LogP contribution in [0.25, 0.3) is 11.3 Å². The lowest BCUT2D eigenvalue weighted by Crippen LogP contribution is -2.29. The molecule has 2 aromatic rings. The van der Waals surface area contributed by atoms with E-state index in [1.807, 2.05) is 24.3 Å². The van der Waals surface area contributed by atoms with Crippen LogP contribution in [0.3, 0.4) is 0 Å². The third kappa shape index (κ3) is 3.81. The van der Waals surface area contributed by atoms with Gasteiger partial charge in [-0.25, -0.2) is 0 Å². The standard InChI is InChI=1S/C18H20N2O5/c1-24-16-5-3-2-4-14(16)15-9-13(25-20-15)10-19-17(21)11-6-7-12(8-11)18(22)23/h2-5,9,11-12H,6-8,10H2,1H3,(H,19,21)(H,22,23)/t11-,12+/m0/s1. The van der Waals surface area contributed by atoms with Crippen molar-refractivity contribution in [2.75, 3.05) is 7.11 Å². The highest BCUT2D eigenvalue weighted by Crippen LogP contribution is 2.31. The van der Waals surface area contributed by atoms with Gasteiger partial charge in [-0.1, -0.05) is 17.3 Å². The van der Waals surface area contributed by atoms with Crippen molar-refractivity contribution < 1.29 is 24.0 Å². The number of nitrogens with one attached hydrogen (secondary N) is 1. The number of carboxylic acids is 1. The molecule has 1 saturated carbocycles. The SMILES string of the molecule is COc1ccccc1-c1cc(CNC(=O)[C@H]2CC[C@@H](C(=O)O)C2)on1. The van der Waals surface area contributed by atoms with Crippen LogP contribution in [0.2, 0.25) is 0 Å². The van der Waals surface area contributed by atoms with Gasteiger partial charge in [-0.15, -0.1) is 0 Å². The maximum Gasteiger partial charge on any atom is 0.306 e. The van der Waals surface area contributed by atoms with E-state index in [0.717, 1.165) is 5.56 Å². The van der Waals surface area contributed by atoms with E-state index in [2.05, 4.69) is 10.5 Å². The molecule has 25 heavy (non-hydrogen) atoms. The number of rotatable bonds is 6. The third-order valence-electron chi connectivity index (χ3n) is 4.53. The number of para-hydroxylation sites is 1. The predicted octanol–water partition coefficient (Wildman–Crippen LogP) is 2.47. The van der Waals surface area contributed by atoms with Gasteiger partial charge in [0.05, 0.1) is 19.6 Å². The Morgan fingerprint density at radius 1 is 1.32 bits per heavy atom. The van der Waals surface area contributed by atoms with E-state index in [0.29, 0.717) is 36.5 Å². The van der Waals surface area contributed by atoms with Crippen LogP contribution in [-0.4, -0.2) is 29.2 Å². The van der Waals surface area contributed by atoms with Crippen LogP contribution in [-0.2, 0) is 16.1 Å². The quantitative estimate of drug-likeness (QED) is 0.835.